The first kappa shape index (κ1) is 16.6. The van der Waals surface area contributed by atoms with Gasteiger partial charge in [0.1, 0.15) is 0 Å². The Kier molecular flexibility index (Phi) is 4.87. The zero-order chi connectivity index (χ0) is 15.7. The van der Waals surface area contributed by atoms with Crippen LogP contribution in [-0.4, -0.2) is 32.3 Å². The first-order valence-electron chi connectivity index (χ1n) is 6.48. The fraction of sp³-hybridized carbons (Fsp3) is 0.538. The van der Waals surface area contributed by atoms with Crippen LogP contribution >= 0.6 is 15.9 Å². The van der Waals surface area contributed by atoms with Crippen molar-refractivity contribution >= 4 is 31.5 Å². The fourth-order valence-electron chi connectivity index (χ4n) is 2.40. The van der Waals surface area contributed by atoms with Gasteiger partial charge in [-0.05, 0) is 43.0 Å². The molecular formula is C13H15BrF3NO2S. The van der Waals surface area contributed by atoms with E-state index in [0.717, 1.165) is 49.1 Å². The third-order valence-electron chi connectivity index (χ3n) is 3.55. The van der Waals surface area contributed by atoms with Crippen LogP contribution in [0, 0.1) is 5.92 Å². The van der Waals surface area contributed by atoms with Crippen molar-refractivity contribution in [3.8, 4) is 0 Å². The van der Waals surface area contributed by atoms with Crippen molar-refractivity contribution in [3.63, 3.8) is 0 Å². The maximum atomic E-state index is 12.5. The summed E-state index contributed by atoms with van der Waals surface area (Å²) in [6.45, 7) is 1.64. The summed E-state index contributed by atoms with van der Waals surface area (Å²) >= 11 is 3.44. The zero-order valence-corrected chi connectivity index (χ0v) is 13.5. The predicted octanol–water partition coefficient (Wildman–Crippen LogP) is 3.59. The van der Waals surface area contributed by atoms with Gasteiger partial charge in [0.05, 0.1) is 4.90 Å². The summed E-state index contributed by atoms with van der Waals surface area (Å²) in [7, 11) is -5.27. The lowest BCUT2D eigenvalue weighted by Crippen LogP contribution is -2.36. The molecule has 1 aromatic carbocycles. The van der Waals surface area contributed by atoms with Crippen LogP contribution in [0.3, 0.4) is 0 Å². The monoisotopic (exact) mass is 385 g/mol. The van der Waals surface area contributed by atoms with E-state index < -0.39 is 20.2 Å². The van der Waals surface area contributed by atoms with Crippen LogP contribution in [-0.2, 0) is 9.84 Å². The molecule has 0 spiro atoms. The number of nitrogens with zero attached hydrogens (tertiary/aromatic N) is 1. The van der Waals surface area contributed by atoms with Gasteiger partial charge in [-0.15, -0.1) is 0 Å². The average Bonchev–Trinajstić information content (AvgIpc) is 2.46. The number of alkyl halides is 4. The number of sulfone groups is 1. The molecule has 21 heavy (non-hydrogen) atoms. The van der Waals surface area contributed by atoms with E-state index in [2.05, 4.69) is 20.8 Å². The second-order valence-electron chi connectivity index (χ2n) is 5.05. The summed E-state index contributed by atoms with van der Waals surface area (Å²) in [5, 5.41) is 0.879. The lowest BCUT2D eigenvalue weighted by atomic mass is 10.00. The molecule has 1 fully saturated rings. The highest BCUT2D eigenvalue weighted by atomic mass is 79.9. The second-order valence-corrected chi connectivity index (χ2v) is 7.64. The Hall–Kier alpha value is -0.760. The van der Waals surface area contributed by atoms with Gasteiger partial charge in [-0.2, -0.15) is 13.2 Å². The Morgan fingerprint density at radius 3 is 2.38 bits per heavy atom. The van der Waals surface area contributed by atoms with E-state index in [-0.39, 0.29) is 0 Å². The highest BCUT2D eigenvalue weighted by molar-refractivity contribution is 9.09. The van der Waals surface area contributed by atoms with Gasteiger partial charge in [-0.3, -0.25) is 0 Å². The SMILES string of the molecule is O=S(=O)(c1ccc(N2CCCC(CBr)C2)cc1)C(F)(F)F. The molecule has 1 unspecified atom stereocenters. The van der Waals surface area contributed by atoms with Crippen LogP contribution in [0.5, 0.6) is 0 Å². The van der Waals surface area contributed by atoms with Crippen LogP contribution in [0.1, 0.15) is 12.8 Å². The standard InChI is InChI=1S/C13H15BrF3NO2S/c14-8-10-2-1-7-18(9-10)11-3-5-12(6-4-11)21(19,20)13(15,16)17/h3-6,10H,1-2,7-9H2. The van der Waals surface area contributed by atoms with Gasteiger partial charge in [0.2, 0.25) is 0 Å². The summed E-state index contributed by atoms with van der Waals surface area (Å²) in [5.74, 6) is 0.498. The molecule has 1 heterocycles. The van der Waals surface area contributed by atoms with Crippen molar-refractivity contribution in [1.82, 2.24) is 0 Å². The quantitative estimate of drug-likeness (QED) is 0.746. The third kappa shape index (κ3) is 3.53. The first-order valence-corrected chi connectivity index (χ1v) is 9.08. The molecule has 2 rings (SSSR count). The number of benzene rings is 1. The number of halogens is 4. The Morgan fingerprint density at radius 2 is 1.86 bits per heavy atom. The molecule has 1 aliphatic rings. The molecule has 1 aromatic rings. The van der Waals surface area contributed by atoms with Crippen molar-refractivity contribution < 1.29 is 21.6 Å². The number of rotatable bonds is 3. The minimum Gasteiger partial charge on any atom is -0.371 e. The molecule has 8 heteroatoms. The molecular weight excluding hydrogens is 371 g/mol. The molecule has 118 valence electrons. The maximum absolute atomic E-state index is 12.5. The van der Waals surface area contributed by atoms with Gasteiger partial charge in [0.15, 0.2) is 0 Å². The number of hydrogen-bond donors (Lipinski definition) is 0. The molecule has 0 radical (unpaired) electrons. The van der Waals surface area contributed by atoms with E-state index in [0.29, 0.717) is 5.92 Å². The molecule has 3 nitrogen and oxygen atoms in total. The third-order valence-corrected chi connectivity index (χ3v) is 5.97. The Morgan fingerprint density at radius 1 is 1.24 bits per heavy atom. The van der Waals surface area contributed by atoms with Gasteiger partial charge >= 0.3 is 5.51 Å². The molecule has 0 amide bonds. The lowest BCUT2D eigenvalue weighted by molar-refractivity contribution is -0.0436. The van der Waals surface area contributed by atoms with Crippen LogP contribution in [0.2, 0.25) is 0 Å². The zero-order valence-electron chi connectivity index (χ0n) is 11.1. The fourth-order valence-corrected chi connectivity index (χ4v) is 3.69. The van der Waals surface area contributed by atoms with Crippen molar-refractivity contribution in [2.45, 2.75) is 23.2 Å². The van der Waals surface area contributed by atoms with Crippen molar-refractivity contribution in [3.05, 3.63) is 24.3 Å². The molecule has 1 atom stereocenters. The lowest BCUT2D eigenvalue weighted by Gasteiger charge is -2.33. The van der Waals surface area contributed by atoms with E-state index in [1.54, 1.807) is 0 Å². The van der Waals surface area contributed by atoms with E-state index in [1.165, 1.54) is 12.1 Å². The highest BCUT2D eigenvalue weighted by Gasteiger charge is 2.46. The Bertz CT molecular complexity index is 586. The molecule has 0 aliphatic carbocycles. The molecule has 0 aromatic heterocycles. The minimum absolute atomic E-state index is 0.498. The number of hydrogen-bond acceptors (Lipinski definition) is 3. The summed E-state index contributed by atoms with van der Waals surface area (Å²) < 4.78 is 60.0. The van der Waals surface area contributed by atoms with Crippen LogP contribution in [0.4, 0.5) is 18.9 Å². The first-order chi connectivity index (χ1) is 9.75. The van der Waals surface area contributed by atoms with Gasteiger partial charge in [0, 0.05) is 24.1 Å². The summed E-state index contributed by atoms with van der Waals surface area (Å²) in [6.07, 6.45) is 2.13. The maximum Gasteiger partial charge on any atom is 0.501 e. The number of anilines is 1. The summed E-state index contributed by atoms with van der Waals surface area (Å²) in [6, 6.07) is 4.93. The normalized spacial score (nSPS) is 20.6. The Labute approximate surface area is 130 Å². The van der Waals surface area contributed by atoms with Crippen LogP contribution < -0.4 is 4.90 Å². The second kappa shape index (κ2) is 6.16. The Balaban J connectivity index is 2.20. The smallest absolute Gasteiger partial charge is 0.371 e. The number of piperidine rings is 1. The van der Waals surface area contributed by atoms with Gasteiger partial charge in [-0.25, -0.2) is 8.42 Å². The van der Waals surface area contributed by atoms with Crippen molar-refractivity contribution in [2.75, 3.05) is 23.3 Å². The van der Waals surface area contributed by atoms with Crippen LogP contribution in [0.15, 0.2) is 29.2 Å². The minimum atomic E-state index is -5.27. The van der Waals surface area contributed by atoms with Gasteiger partial charge < -0.3 is 4.90 Å². The summed E-state index contributed by atoms with van der Waals surface area (Å²) in [4.78, 5) is 1.35. The van der Waals surface area contributed by atoms with E-state index in [9.17, 15) is 21.6 Å². The topological polar surface area (TPSA) is 37.4 Å². The van der Waals surface area contributed by atoms with Crippen molar-refractivity contribution in [2.24, 2.45) is 5.92 Å². The van der Waals surface area contributed by atoms with Crippen LogP contribution in [0.25, 0.3) is 0 Å². The molecule has 0 N–H and O–H groups in total. The largest absolute Gasteiger partial charge is 0.501 e. The van der Waals surface area contributed by atoms with E-state index >= 15 is 0 Å². The summed E-state index contributed by atoms with van der Waals surface area (Å²) in [5.41, 5.74) is -4.51. The van der Waals surface area contributed by atoms with Gasteiger partial charge in [-0.1, -0.05) is 15.9 Å². The predicted molar refractivity (Wildman–Crippen MR) is 78.4 cm³/mol. The average molecular weight is 386 g/mol. The highest BCUT2D eigenvalue weighted by Crippen LogP contribution is 2.32. The van der Waals surface area contributed by atoms with Gasteiger partial charge in [0.25, 0.3) is 9.84 Å². The van der Waals surface area contributed by atoms with Crippen molar-refractivity contribution in [1.29, 1.82) is 0 Å². The van der Waals surface area contributed by atoms with E-state index in [4.69, 9.17) is 0 Å². The molecule has 0 bridgehead atoms. The molecule has 1 saturated heterocycles. The van der Waals surface area contributed by atoms with E-state index in [1.807, 2.05) is 0 Å². The molecule has 0 saturated carbocycles. The molecule has 1 aliphatic heterocycles.